The maximum Gasteiger partial charge on any atom is 0.119 e. The molecule has 0 aromatic heterocycles. The molecule has 2 atom stereocenters. The van der Waals surface area contributed by atoms with Crippen molar-refractivity contribution >= 4 is 67.8 Å². The van der Waals surface area contributed by atoms with Crippen molar-refractivity contribution in [2.24, 2.45) is 0 Å². The van der Waals surface area contributed by atoms with Gasteiger partial charge in [0.1, 0.15) is 11.5 Å². The summed E-state index contributed by atoms with van der Waals surface area (Å²) < 4.78 is 13.0. The first-order valence-electron chi connectivity index (χ1n) is 51.3. The van der Waals surface area contributed by atoms with Gasteiger partial charge < -0.3 is 19.3 Å². The lowest BCUT2D eigenvalue weighted by atomic mass is 9.68. The Morgan fingerprint density at radius 3 is 0.914 bits per heavy atom. The van der Waals surface area contributed by atoms with Gasteiger partial charge in [0, 0.05) is 50.4 Å². The molecule has 686 valence electrons. The SMILES string of the molecule is C=Cc1ccc(OCCCCC2(c3cccc4ccccc34)c3ccccc3-c3ccc(N(c4ccc(-c5ccccc5)cc4)c4ccc(-c5ccc6c(c5)C(CCCCCCCC)(CCCCCCCC)c5cc(-c7ccc(N(c8ccc(-c9ccccc9)cc8)c8ccc9c(c8)C(CCCCOc8ccc(C=C)cc8)(c8cccc%10ccccc8%10)c8ccccc8-9)cc7)ccc5-6)cc4)cc32)cc1. The molecule has 0 N–H and O–H groups in total. The van der Waals surface area contributed by atoms with Crippen LogP contribution in [0.2, 0.25) is 0 Å². The third kappa shape index (κ3) is 18.0. The lowest BCUT2D eigenvalue weighted by Gasteiger charge is -2.35. The van der Waals surface area contributed by atoms with Crippen molar-refractivity contribution in [3.05, 3.63) is 481 Å². The van der Waals surface area contributed by atoms with Crippen molar-refractivity contribution in [3.63, 3.8) is 0 Å². The van der Waals surface area contributed by atoms with Crippen LogP contribution in [0.4, 0.5) is 34.1 Å². The van der Waals surface area contributed by atoms with Crippen LogP contribution in [0.15, 0.2) is 426 Å². The molecule has 3 aliphatic rings. The van der Waals surface area contributed by atoms with E-state index in [4.69, 9.17) is 9.47 Å². The van der Waals surface area contributed by atoms with Crippen molar-refractivity contribution < 1.29 is 9.47 Å². The molecule has 0 bridgehead atoms. The van der Waals surface area contributed by atoms with Crippen LogP contribution in [-0.4, -0.2) is 13.2 Å². The quantitative estimate of drug-likeness (QED) is 0.0357. The Labute approximate surface area is 823 Å². The van der Waals surface area contributed by atoms with E-state index in [1.165, 1.54) is 221 Å². The standard InChI is InChI=1S/C135H124N2O2/c1-5-9-11-13-15-31-87-133(88-32-16-14-12-10-6-2)129-93-107(103-63-73-111(74-64-103)136(109-69-59-101(60-70-109)99-39-19-17-20-40-99)113-77-85-123-119-49-27-29-51-127(119)134(131(123)95-113,125-53-37-45-105-43-23-25-47-117(105)125)89-33-35-91-138-115-79-55-97(7-3)56-80-115)67-83-121(129)122-84-68-108(94-130(122)133)104-65-75-112(76-66-104)137(110-71-61-102(62-72-110)100-41-21-18-22-42-100)114-78-86-124-120-50-28-30-52-128(120)135(132(124)96-114,126-54-38-46-106-44-24-26-48-118(106)126)90-34-36-92-139-116-81-57-98(8-4)58-82-116/h7-8,17-30,37-86,93-96H,3-6,9-16,31-36,87-92H2,1-2H3. The van der Waals surface area contributed by atoms with Gasteiger partial charge in [-0.1, -0.05) is 420 Å². The molecule has 0 fully saturated rings. The number of benzene rings is 18. The van der Waals surface area contributed by atoms with Crippen LogP contribution >= 0.6 is 0 Å². The second-order valence-electron chi connectivity index (χ2n) is 38.8. The summed E-state index contributed by atoms with van der Waals surface area (Å²) >= 11 is 0. The summed E-state index contributed by atoms with van der Waals surface area (Å²) in [6, 6.07) is 156. The summed E-state index contributed by atoms with van der Waals surface area (Å²) in [5.74, 6) is 1.77. The zero-order valence-electron chi connectivity index (χ0n) is 80.6. The predicted molar refractivity (Wildman–Crippen MR) is 590 cm³/mol. The molecule has 21 rings (SSSR count). The summed E-state index contributed by atoms with van der Waals surface area (Å²) in [6.07, 6.45) is 26.5. The third-order valence-corrected chi connectivity index (χ3v) is 30.6. The summed E-state index contributed by atoms with van der Waals surface area (Å²) in [6.45, 7) is 13.9. The van der Waals surface area contributed by atoms with Crippen molar-refractivity contribution in [1.29, 1.82) is 0 Å². The molecule has 0 saturated carbocycles. The highest BCUT2D eigenvalue weighted by Crippen LogP contribution is 2.62. The van der Waals surface area contributed by atoms with Crippen LogP contribution in [0.1, 0.15) is 198 Å². The van der Waals surface area contributed by atoms with Crippen LogP contribution < -0.4 is 19.3 Å². The van der Waals surface area contributed by atoms with E-state index < -0.39 is 10.8 Å². The van der Waals surface area contributed by atoms with Crippen molar-refractivity contribution in [1.82, 2.24) is 0 Å². The van der Waals surface area contributed by atoms with Gasteiger partial charge in [-0.25, -0.2) is 0 Å². The van der Waals surface area contributed by atoms with Crippen LogP contribution in [0.3, 0.4) is 0 Å². The first-order valence-corrected chi connectivity index (χ1v) is 51.3. The monoisotopic (exact) mass is 1800 g/mol. The smallest absolute Gasteiger partial charge is 0.119 e. The molecule has 4 heteroatoms. The third-order valence-electron chi connectivity index (χ3n) is 30.6. The van der Waals surface area contributed by atoms with Gasteiger partial charge >= 0.3 is 0 Å². The maximum atomic E-state index is 6.49. The molecule has 0 radical (unpaired) electrons. The summed E-state index contributed by atoms with van der Waals surface area (Å²) in [5.41, 5.74) is 36.4. The highest BCUT2D eigenvalue weighted by atomic mass is 16.5. The first kappa shape index (κ1) is 90.6. The topological polar surface area (TPSA) is 24.9 Å². The van der Waals surface area contributed by atoms with E-state index in [0.717, 1.165) is 108 Å². The average Bonchev–Trinajstić information content (AvgIpc) is 1.54. The van der Waals surface area contributed by atoms with E-state index in [0.29, 0.717) is 13.2 Å². The van der Waals surface area contributed by atoms with Gasteiger partial charge in [-0.3, -0.25) is 0 Å². The minimum absolute atomic E-state index is 0.196. The Kier molecular flexibility index (Phi) is 26.9. The number of hydrogen-bond acceptors (Lipinski definition) is 4. The summed E-state index contributed by atoms with van der Waals surface area (Å²) in [5, 5.41) is 5.06. The van der Waals surface area contributed by atoms with Gasteiger partial charge in [-0.05, 0) is 316 Å². The molecular formula is C135H124N2O2. The number of hydrogen-bond donors (Lipinski definition) is 0. The van der Waals surface area contributed by atoms with E-state index in [1.54, 1.807) is 0 Å². The van der Waals surface area contributed by atoms with Gasteiger partial charge in [0.15, 0.2) is 0 Å². The van der Waals surface area contributed by atoms with Crippen LogP contribution in [0, 0.1) is 0 Å². The second-order valence-corrected chi connectivity index (χ2v) is 38.8. The zero-order chi connectivity index (χ0) is 93.9. The highest BCUT2D eigenvalue weighted by molar-refractivity contribution is 5.97. The van der Waals surface area contributed by atoms with Gasteiger partial charge in [0.25, 0.3) is 0 Å². The molecule has 18 aromatic rings. The minimum Gasteiger partial charge on any atom is -0.494 e. The van der Waals surface area contributed by atoms with Crippen LogP contribution in [0.5, 0.6) is 11.5 Å². The Balaban J connectivity index is 0.645. The number of anilines is 6. The fourth-order valence-electron chi connectivity index (χ4n) is 23.6. The normalized spacial score (nSPS) is 14.5. The molecule has 3 aliphatic carbocycles. The molecule has 139 heavy (non-hydrogen) atoms. The lowest BCUT2D eigenvalue weighted by molar-refractivity contribution is 0.301. The Bertz CT molecular complexity index is 6910. The zero-order valence-corrected chi connectivity index (χ0v) is 80.6. The largest absolute Gasteiger partial charge is 0.494 e. The lowest BCUT2D eigenvalue weighted by Crippen LogP contribution is -2.28. The van der Waals surface area contributed by atoms with Crippen molar-refractivity contribution in [2.75, 3.05) is 23.0 Å². The molecule has 0 aliphatic heterocycles. The Morgan fingerprint density at radius 1 is 0.223 bits per heavy atom. The van der Waals surface area contributed by atoms with Gasteiger partial charge in [-0.2, -0.15) is 0 Å². The van der Waals surface area contributed by atoms with Crippen molar-refractivity contribution in [3.8, 4) is 89.4 Å². The van der Waals surface area contributed by atoms with E-state index in [1.807, 2.05) is 12.2 Å². The molecule has 2 unspecified atom stereocenters. The number of rotatable bonds is 40. The number of ether oxygens (including phenoxy) is 2. The van der Waals surface area contributed by atoms with E-state index in [9.17, 15) is 0 Å². The average molecular weight is 1810 g/mol. The van der Waals surface area contributed by atoms with Gasteiger partial charge in [-0.15, -0.1) is 0 Å². The predicted octanol–water partition coefficient (Wildman–Crippen LogP) is 37.8. The first-order chi connectivity index (χ1) is 68.7. The molecule has 0 saturated heterocycles. The minimum atomic E-state index is -0.476. The number of unbranched alkanes of at least 4 members (excludes halogenated alkanes) is 12. The number of fused-ring (bicyclic) bond motifs is 11. The van der Waals surface area contributed by atoms with E-state index in [2.05, 4.69) is 449 Å². The molecular weight excluding hydrogens is 1680 g/mol. The molecule has 4 nitrogen and oxygen atoms in total. The van der Waals surface area contributed by atoms with Crippen LogP contribution in [0.25, 0.3) is 112 Å². The molecule has 0 heterocycles. The fraction of sp³-hybridized carbons (Fsp3) is 0.200. The highest BCUT2D eigenvalue weighted by Gasteiger charge is 2.48. The van der Waals surface area contributed by atoms with Gasteiger partial charge in [0.05, 0.1) is 13.2 Å². The van der Waals surface area contributed by atoms with Crippen molar-refractivity contribution in [2.45, 2.75) is 159 Å². The van der Waals surface area contributed by atoms with E-state index >= 15 is 0 Å². The maximum absolute atomic E-state index is 6.49. The molecule has 0 amide bonds. The van der Waals surface area contributed by atoms with E-state index in [-0.39, 0.29) is 5.41 Å². The van der Waals surface area contributed by atoms with Crippen LogP contribution in [-0.2, 0) is 16.2 Å². The van der Waals surface area contributed by atoms with Gasteiger partial charge in [0.2, 0.25) is 0 Å². The number of nitrogens with zero attached hydrogens (tertiary/aromatic N) is 2. The Hall–Kier alpha value is -14.8. The summed E-state index contributed by atoms with van der Waals surface area (Å²) in [4.78, 5) is 5.02. The fourth-order valence-corrected chi connectivity index (χ4v) is 23.6. The second kappa shape index (κ2) is 41.2. The molecule has 0 spiro atoms. The molecule has 18 aromatic carbocycles. The summed E-state index contributed by atoms with van der Waals surface area (Å²) in [7, 11) is 0. The Morgan fingerprint density at radius 2 is 0.518 bits per heavy atom.